The third-order valence-corrected chi connectivity index (χ3v) is 5.42. The van der Waals surface area contributed by atoms with Gasteiger partial charge in [-0.3, -0.25) is 19.3 Å². The number of rotatable bonds is 5. The van der Waals surface area contributed by atoms with Crippen molar-refractivity contribution in [1.82, 2.24) is 15.1 Å². The molecule has 4 amide bonds. The standard InChI is InChI=1S/C20H22F3N3O5/c1-2-31-16(28)13-7-6-10-25(11-13)15(27)12-26-17(29)19(20(21,22)23,24-18(26)30)14-8-4-3-5-9-14/h3-5,8-9,13H,2,6-7,10-12H2,1H3,(H,24,30). The number of imide groups is 1. The Bertz CT molecular complexity index is 877. The maximum absolute atomic E-state index is 14.0. The van der Waals surface area contributed by atoms with Gasteiger partial charge in [0.15, 0.2) is 0 Å². The molecule has 1 aromatic rings. The van der Waals surface area contributed by atoms with Crippen LogP contribution in [0.5, 0.6) is 0 Å². The molecule has 8 nitrogen and oxygen atoms in total. The van der Waals surface area contributed by atoms with Gasteiger partial charge in [0.25, 0.3) is 5.91 Å². The number of amides is 4. The summed E-state index contributed by atoms with van der Waals surface area (Å²) in [4.78, 5) is 51.4. The van der Waals surface area contributed by atoms with Crippen LogP contribution in [0.1, 0.15) is 25.3 Å². The summed E-state index contributed by atoms with van der Waals surface area (Å²) in [5.74, 6) is -3.30. The van der Waals surface area contributed by atoms with Crippen molar-refractivity contribution in [2.75, 3.05) is 26.2 Å². The molecule has 1 aromatic carbocycles. The number of nitrogens with one attached hydrogen (secondary N) is 1. The number of nitrogens with zero attached hydrogens (tertiary/aromatic N) is 2. The predicted octanol–water partition coefficient (Wildman–Crippen LogP) is 1.80. The zero-order valence-corrected chi connectivity index (χ0v) is 16.8. The molecule has 0 spiro atoms. The van der Waals surface area contributed by atoms with Gasteiger partial charge in [0.05, 0.1) is 12.5 Å². The van der Waals surface area contributed by atoms with Crippen molar-refractivity contribution in [2.45, 2.75) is 31.5 Å². The molecule has 3 rings (SSSR count). The molecule has 1 N–H and O–H groups in total. The number of carbonyl (C=O) groups is 4. The van der Waals surface area contributed by atoms with E-state index in [1.165, 1.54) is 23.1 Å². The molecule has 2 atom stereocenters. The Morgan fingerprint density at radius 1 is 1.23 bits per heavy atom. The lowest BCUT2D eigenvalue weighted by Crippen LogP contribution is -2.56. The first kappa shape index (κ1) is 22.6. The summed E-state index contributed by atoms with van der Waals surface area (Å²) in [6.45, 7) is 1.27. The van der Waals surface area contributed by atoms with Gasteiger partial charge < -0.3 is 15.0 Å². The number of urea groups is 1. The molecule has 0 aliphatic carbocycles. The Kier molecular flexibility index (Phi) is 6.23. The quantitative estimate of drug-likeness (QED) is 0.555. The van der Waals surface area contributed by atoms with Gasteiger partial charge in [-0.25, -0.2) is 4.79 Å². The van der Waals surface area contributed by atoms with Crippen molar-refractivity contribution in [1.29, 1.82) is 0 Å². The van der Waals surface area contributed by atoms with Crippen LogP contribution in [0, 0.1) is 5.92 Å². The van der Waals surface area contributed by atoms with Crippen LogP contribution >= 0.6 is 0 Å². The number of hydrogen-bond donors (Lipinski definition) is 1. The highest BCUT2D eigenvalue weighted by atomic mass is 19.4. The highest BCUT2D eigenvalue weighted by Crippen LogP contribution is 2.43. The molecule has 31 heavy (non-hydrogen) atoms. The van der Waals surface area contributed by atoms with Crippen LogP contribution in [-0.2, 0) is 24.7 Å². The molecule has 0 saturated carbocycles. The van der Waals surface area contributed by atoms with Gasteiger partial charge in [0, 0.05) is 13.1 Å². The third-order valence-electron chi connectivity index (χ3n) is 5.42. The van der Waals surface area contributed by atoms with Gasteiger partial charge in [-0.15, -0.1) is 0 Å². The minimum atomic E-state index is -5.13. The summed E-state index contributed by atoms with van der Waals surface area (Å²) in [6.07, 6.45) is -4.12. The zero-order chi connectivity index (χ0) is 22.8. The van der Waals surface area contributed by atoms with E-state index >= 15 is 0 Å². The fraction of sp³-hybridized carbons (Fsp3) is 0.500. The van der Waals surface area contributed by atoms with Crippen molar-refractivity contribution in [2.24, 2.45) is 5.92 Å². The molecular formula is C20H22F3N3O5. The largest absolute Gasteiger partial charge is 0.466 e. The smallest absolute Gasteiger partial charge is 0.425 e. The Morgan fingerprint density at radius 2 is 1.90 bits per heavy atom. The van der Waals surface area contributed by atoms with Crippen LogP contribution in [0.15, 0.2) is 30.3 Å². The highest BCUT2D eigenvalue weighted by Gasteiger charge is 2.68. The van der Waals surface area contributed by atoms with Crippen molar-refractivity contribution < 1.29 is 37.1 Å². The summed E-state index contributed by atoms with van der Waals surface area (Å²) >= 11 is 0. The van der Waals surface area contributed by atoms with Gasteiger partial charge in [0.2, 0.25) is 11.4 Å². The lowest BCUT2D eigenvalue weighted by molar-refractivity contribution is -0.198. The van der Waals surface area contributed by atoms with E-state index in [0.717, 1.165) is 12.1 Å². The van der Waals surface area contributed by atoms with E-state index in [1.807, 2.05) is 0 Å². The number of piperidine rings is 1. The third kappa shape index (κ3) is 4.08. The second-order valence-corrected chi connectivity index (χ2v) is 7.37. The summed E-state index contributed by atoms with van der Waals surface area (Å²) in [5.41, 5.74) is -3.71. The monoisotopic (exact) mass is 441 g/mol. The molecule has 0 bridgehead atoms. The fourth-order valence-corrected chi connectivity index (χ4v) is 3.85. The van der Waals surface area contributed by atoms with E-state index in [0.29, 0.717) is 12.8 Å². The van der Waals surface area contributed by atoms with Crippen molar-refractivity contribution in [3.63, 3.8) is 0 Å². The lowest BCUT2D eigenvalue weighted by Gasteiger charge is -2.32. The van der Waals surface area contributed by atoms with Crippen LogP contribution < -0.4 is 5.32 Å². The average Bonchev–Trinajstić information content (AvgIpc) is 3.00. The summed E-state index contributed by atoms with van der Waals surface area (Å²) in [5, 5.41) is 1.74. The van der Waals surface area contributed by atoms with E-state index in [2.05, 4.69) is 0 Å². The molecule has 11 heteroatoms. The van der Waals surface area contributed by atoms with E-state index in [1.54, 1.807) is 12.2 Å². The van der Waals surface area contributed by atoms with E-state index in [-0.39, 0.29) is 24.6 Å². The number of likely N-dealkylation sites (tertiary alicyclic amines) is 1. The number of halogens is 3. The minimum Gasteiger partial charge on any atom is -0.466 e. The van der Waals surface area contributed by atoms with Gasteiger partial charge in [-0.05, 0) is 25.3 Å². The molecule has 2 aliphatic rings. The molecule has 2 saturated heterocycles. The Morgan fingerprint density at radius 3 is 2.52 bits per heavy atom. The maximum atomic E-state index is 14.0. The molecule has 0 aromatic heterocycles. The number of benzene rings is 1. The first-order valence-electron chi connectivity index (χ1n) is 9.82. The second-order valence-electron chi connectivity index (χ2n) is 7.37. The molecule has 168 valence electrons. The van der Waals surface area contributed by atoms with Crippen LogP contribution in [-0.4, -0.2) is 66.0 Å². The molecule has 2 fully saturated rings. The summed E-state index contributed by atoms with van der Waals surface area (Å²) in [6, 6.07) is 4.99. The zero-order valence-electron chi connectivity index (χ0n) is 16.8. The number of ether oxygens (including phenoxy) is 1. The summed E-state index contributed by atoms with van der Waals surface area (Å²) < 4.78 is 46.9. The first-order valence-corrected chi connectivity index (χ1v) is 9.82. The predicted molar refractivity (Wildman–Crippen MR) is 100 cm³/mol. The molecule has 2 heterocycles. The number of alkyl halides is 3. The van der Waals surface area contributed by atoms with Gasteiger partial charge in [0.1, 0.15) is 6.54 Å². The Balaban J connectivity index is 1.79. The normalized spacial score (nSPS) is 24.2. The summed E-state index contributed by atoms with van der Waals surface area (Å²) in [7, 11) is 0. The molecule has 2 aliphatic heterocycles. The first-order chi connectivity index (χ1) is 14.6. The van der Waals surface area contributed by atoms with Crippen LogP contribution in [0.3, 0.4) is 0 Å². The minimum absolute atomic E-state index is 0.0183. The van der Waals surface area contributed by atoms with E-state index < -0.39 is 53.6 Å². The van der Waals surface area contributed by atoms with Crippen LogP contribution in [0.4, 0.5) is 18.0 Å². The average molecular weight is 441 g/mol. The highest BCUT2D eigenvalue weighted by molar-refractivity contribution is 6.10. The number of carbonyl (C=O) groups excluding carboxylic acids is 4. The number of esters is 1. The SMILES string of the molecule is CCOC(=O)C1CCCN(C(=O)CN2C(=O)NC(c3ccccc3)(C(F)(F)F)C2=O)C1. The van der Waals surface area contributed by atoms with Crippen LogP contribution in [0.2, 0.25) is 0 Å². The van der Waals surface area contributed by atoms with Crippen molar-refractivity contribution >= 4 is 23.8 Å². The molecule has 0 radical (unpaired) electrons. The fourth-order valence-electron chi connectivity index (χ4n) is 3.85. The van der Waals surface area contributed by atoms with Crippen molar-refractivity contribution in [3.05, 3.63) is 35.9 Å². The molecular weight excluding hydrogens is 419 g/mol. The van der Waals surface area contributed by atoms with Gasteiger partial charge >= 0.3 is 18.2 Å². The van der Waals surface area contributed by atoms with Crippen LogP contribution in [0.25, 0.3) is 0 Å². The van der Waals surface area contributed by atoms with Gasteiger partial charge in [-0.1, -0.05) is 30.3 Å². The maximum Gasteiger partial charge on any atom is 0.425 e. The number of hydrogen-bond acceptors (Lipinski definition) is 5. The van der Waals surface area contributed by atoms with E-state index in [9.17, 15) is 32.3 Å². The lowest BCUT2D eigenvalue weighted by atomic mass is 9.89. The Hall–Kier alpha value is -3.11. The molecule has 2 unspecified atom stereocenters. The Labute approximate surface area is 176 Å². The van der Waals surface area contributed by atoms with Gasteiger partial charge in [-0.2, -0.15) is 13.2 Å². The second kappa shape index (κ2) is 8.56. The van der Waals surface area contributed by atoms with Crippen molar-refractivity contribution in [3.8, 4) is 0 Å². The topological polar surface area (TPSA) is 96.0 Å². The van der Waals surface area contributed by atoms with E-state index in [4.69, 9.17) is 4.74 Å².